The minimum absolute atomic E-state index is 0.0469. The van der Waals surface area contributed by atoms with Crippen LogP contribution in [-0.2, 0) is 0 Å². The van der Waals surface area contributed by atoms with Crippen molar-refractivity contribution in [3.8, 4) is 16.9 Å². The number of hydrogen-bond donors (Lipinski definition) is 4. The zero-order valence-electron chi connectivity index (χ0n) is 11.9. The number of fused-ring (bicyclic) bond motifs is 1. The SMILES string of the molecule is CCNC(=O)Nc1nc2c(O)c(-c3cccnc3)ccc2[nH]1. The number of anilines is 1. The van der Waals surface area contributed by atoms with Gasteiger partial charge in [0.1, 0.15) is 5.52 Å². The van der Waals surface area contributed by atoms with Gasteiger partial charge in [-0.3, -0.25) is 10.3 Å². The summed E-state index contributed by atoms with van der Waals surface area (Å²) in [7, 11) is 0. The maximum absolute atomic E-state index is 11.5. The Bertz CT molecular complexity index is 813. The van der Waals surface area contributed by atoms with Crippen molar-refractivity contribution in [1.82, 2.24) is 20.3 Å². The number of carbonyl (C=O) groups excluding carboxylic acids is 1. The number of urea groups is 1. The Morgan fingerprint density at radius 3 is 2.95 bits per heavy atom. The van der Waals surface area contributed by atoms with E-state index in [2.05, 4.69) is 25.6 Å². The molecule has 1 aromatic carbocycles. The largest absolute Gasteiger partial charge is 0.505 e. The summed E-state index contributed by atoms with van der Waals surface area (Å²) in [5, 5.41) is 15.6. The first-order chi connectivity index (χ1) is 10.7. The lowest BCUT2D eigenvalue weighted by molar-refractivity contribution is 0.252. The number of aromatic nitrogens is 3. The predicted octanol–water partition coefficient (Wildman–Crippen LogP) is 2.47. The van der Waals surface area contributed by atoms with Crippen LogP contribution in [0.5, 0.6) is 5.75 Å². The van der Waals surface area contributed by atoms with E-state index in [0.29, 0.717) is 23.1 Å². The molecule has 2 aromatic heterocycles. The van der Waals surface area contributed by atoms with Gasteiger partial charge in [0.25, 0.3) is 0 Å². The van der Waals surface area contributed by atoms with Crippen molar-refractivity contribution in [1.29, 1.82) is 0 Å². The predicted molar refractivity (Wildman–Crippen MR) is 83.7 cm³/mol. The highest BCUT2D eigenvalue weighted by Gasteiger charge is 2.13. The molecule has 3 aromatic rings. The van der Waals surface area contributed by atoms with E-state index in [-0.39, 0.29) is 17.7 Å². The Hall–Kier alpha value is -3.09. The molecule has 2 heterocycles. The number of pyridine rings is 1. The molecule has 0 aliphatic carbocycles. The first-order valence-corrected chi connectivity index (χ1v) is 6.86. The van der Waals surface area contributed by atoms with Crippen LogP contribution in [0.25, 0.3) is 22.2 Å². The number of H-pyrrole nitrogens is 1. The van der Waals surface area contributed by atoms with Crippen LogP contribution in [0.4, 0.5) is 10.7 Å². The molecule has 0 aliphatic heterocycles. The maximum atomic E-state index is 11.5. The summed E-state index contributed by atoms with van der Waals surface area (Å²) in [6.07, 6.45) is 3.34. The molecule has 4 N–H and O–H groups in total. The number of nitrogens with zero attached hydrogens (tertiary/aromatic N) is 2. The highest BCUT2D eigenvalue weighted by atomic mass is 16.3. The fourth-order valence-corrected chi connectivity index (χ4v) is 2.19. The van der Waals surface area contributed by atoms with Crippen LogP contribution in [0.1, 0.15) is 6.92 Å². The third kappa shape index (κ3) is 2.56. The molecular formula is C15H15N5O2. The topological polar surface area (TPSA) is 103 Å². The van der Waals surface area contributed by atoms with E-state index < -0.39 is 0 Å². The average Bonchev–Trinajstić information content (AvgIpc) is 2.92. The van der Waals surface area contributed by atoms with Gasteiger partial charge in [-0.25, -0.2) is 9.78 Å². The highest BCUT2D eigenvalue weighted by molar-refractivity contribution is 5.94. The van der Waals surface area contributed by atoms with Gasteiger partial charge in [0.05, 0.1) is 5.52 Å². The van der Waals surface area contributed by atoms with Crippen LogP contribution in [0, 0.1) is 0 Å². The second-order valence-corrected chi connectivity index (χ2v) is 4.67. The smallest absolute Gasteiger partial charge is 0.321 e. The minimum atomic E-state index is -0.353. The van der Waals surface area contributed by atoms with Crippen molar-refractivity contribution in [3.63, 3.8) is 0 Å². The van der Waals surface area contributed by atoms with E-state index in [1.807, 2.05) is 13.0 Å². The number of amides is 2. The summed E-state index contributed by atoms with van der Waals surface area (Å²) in [4.78, 5) is 22.7. The minimum Gasteiger partial charge on any atom is -0.505 e. The van der Waals surface area contributed by atoms with Crippen molar-refractivity contribution < 1.29 is 9.90 Å². The molecular weight excluding hydrogens is 282 g/mol. The summed E-state index contributed by atoms with van der Waals surface area (Å²) in [5.74, 6) is 0.324. The third-order valence-electron chi connectivity index (χ3n) is 3.17. The van der Waals surface area contributed by atoms with Crippen LogP contribution in [0.2, 0.25) is 0 Å². The van der Waals surface area contributed by atoms with Gasteiger partial charge in [-0.15, -0.1) is 0 Å². The highest BCUT2D eigenvalue weighted by Crippen LogP contribution is 2.34. The van der Waals surface area contributed by atoms with E-state index >= 15 is 0 Å². The van der Waals surface area contributed by atoms with Gasteiger partial charge in [0, 0.05) is 30.1 Å². The van der Waals surface area contributed by atoms with Crippen LogP contribution < -0.4 is 10.6 Å². The van der Waals surface area contributed by atoms with E-state index in [9.17, 15) is 9.90 Å². The van der Waals surface area contributed by atoms with Crippen molar-refractivity contribution in [2.45, 2.75) is 6.92 Å². The van der Waals surface area contributed by atoms with E-state index in [4.69, 9.17) is 0 Å². The normalized spacial score (nSPS) is 10.6. The first kappa shape index (κ1) is 13.9. The molecule has 7 heteroatoms. The molecule has 22 heavy (non-hydrogen) atoms. The van der Waals surface area contributed by atoms with Crippen molar-refractivity contribution in [2.24, 2.45) is 0 Å². The molecule has 0 unspecified atom stereocenters. The van der Waals surface area contributed by atoms with Crippen molar-refractivity contribution >= 4 is 23.0 Å². The Morgan fingerprint density at radius 2 is 2.23 bits per heavy atom. The Kier molecular flexibility index (Phi) is 3.61. The molecule has 0 aliphatic rings. The van der Waals surface area contributed by atoms with Gasteiger partial charge in [0.2, 0.25) is 5.95 Å². The van der Waals surface area contributed by atoms with Crippen LogP contribution in [0.15, 0.2) is 36.7 Å². The molecule has 0 spiro atoms. The molecule has 2 amide bonds. The number of carbonyl (C=O) groups is 1. The number of hydrogen-bond acceptors (Lipinski definition) is 4. The number of rotatable bonds is 3. The summed E-state index contributed by atoms with van der Waals surface area (Å²) in [6.45, 7) is 2.34. The fraction of sp³-hybridized carbons (Fsp3) is 0.133. The quantitative estimate of drug-likeness (QED) is 0.596. The van der Waals surface area contributed by atoms with Crippen LogP contribution in [0.3, 0.4) is 0 Å². The zero-order chi connectivity index (χ0) is 15.5. The standard InChI is InChI=1S/C15H15N5O2/c1-2-17-15(22)20-14-18-11-6-5-10(13(21)12(11)19-14)9-4-3-7-16-8-9/h3-8,21H,2H2,1H3,(H3,17,18,19,20,22). The average molecular weight is 297 g/mol. The number of nitrogens with one attached hydrogen (secondary N) is 3. The number of imidazole rings is 1. The fourth-order valence-electron chi connectivity index (χ4n) is 2.19. The monoisotopic (exact) mass is 297 g/mol. The second kappa shape index (κ2) is 5.72. The Morgan fingerprint density at radius 1 is 1.36 bits per heavy atom. The van der Waals surface area contributed by atoms with Crippen LogP contribution in [-0.4, -0.2) is 32.6 Å². The second-order valence-electron chi connectivity index (χ2n) is 4.67. The molecule has 7 nitrogen and oxygen atoms in total. The summed E-state index contributed by atoms with van der Waals surface area (Å²) >= 11 is 0. The molecule has 0 bridgehead atoms. The molecule has 0 fully saturated rings. The summed E-state index contributed by atoms with van der Waals surface area (Å²) in [5.41, 5.74) is 2.46. The molecule has 0 radical (unpaired) electrons. The number of phenols is 1. The van der Waals surface area contributed by atoms with Gasteiger partial charge in [0.15, 0.2) is 5.75 Å². The number of benzene rings is 1. The lowest BCUT2D eigenvalue weighted by Crippen LogP contribution is -2.28. The summed E-state index contributed by atoms with van der Waals surface area (Å²) < 4.78 is 0. The molecule has 112 valence electrons. The lowest BCUT2D eigenvalue weighted by Gasteiger charge is -2.04. The van der Waals surface area contributed by atoms with E-state index in [1.54, 1.807) is 30.6 Å². The molecule has 0 saturated carbocycles. The maximum Gasteiger partial charge on any atom is 0.321 e. The Labute approximate surface area is 126 Å². The van der Waals surface area contributed by atoms with E-state index in [1.165, 1.54) is 0 Å². The lowest BCUT2D eigenvalue weighted by atomic mass is 10.1. The van der Waals surface area contributed by atoms with Crippen LogP contribution >= 0.6 is 0 Å². The third-order valence-corrected chi connectivity index (χ3v) is 3.17. The van der Waals surface area contributed by atoms with Gasteiger partial charge in [-0.2, -0.15) is 0 Å². The summed E-state index contributed by atoms with van der Waals surface area (Å²) in [6, 6.07) is 6.88. The van der Waals surface area contributed by atoms with Gasteiger partial charge >= 0.3 is 6.03 Å². The number of phenolic OH excluding ortho intramolecular Hbond substituents is 1. The first-order valence-electron chi connectivity index (χ1n) is 6.86. The van der Waals surface area contributed by atoms with Gasteiger partial charge in [-0.05, 0) is 25.1 Å². The number of aromatic hydroxyl groups is 1. The molecule has 0 saturated heterocycles. The zero-order valence-corrected chi connectivity index (χ0v) is 11.9. The van der Waals surface area contributed by atoms with Gasteiger partial charge < -0.3 is 15.4 Å². The Balaban J connectivity index is 1.99. The molecule has 3 rings (SSSR count). The number of aromatic amines is 1. The van der Waals surface area contributed by atoms with E-state index in [0.717, 1.165) is 5.56 Å². The molecule has 0 atom stereocenters. The van der Waals surface area contributed by atoms with Crippen molar-refractivity contribution in [2.75, 3.05) is 11.9 Å². The van der Waals surface area contributed by atoms with Gasteiger partial charge in [-0.1, -0.05) is 6.07 Å². The van der Waals surface area contributed by atoms with Crippen molar-refractivity contribution in [3.05, 3.63) is 36.7 Å².